The van der Waals surface area contributed by atoms with Crippen molar-refractivity contribution in [2.24, 2.45) is 0 Å². The number of amides is 2. The molecule has 1 N–H and O–H groups in total. The largest absolute Gasteiger partial charge is 0.338 e. The molecular weight excluding hydrogens is 302 g/mol. The van der Waals surface area contributed by atoms with Gasteiger partial charge in [0.05, 0.1) is 6.04 Å². The predicted octanol–water partition coefficient (Wildman–Crippen LogP) is 2.23. The number of hydrogen-bond acceptors (Lipinski definition) is 3. The highest BCUT2D eigenvalue weighted by Gasteiger charge is 2.40. The number of carbonyl (C=O) groups is 2. The van der Waals surface area contributed by atoms with E-state index >= 15 is 0 Å². The molecule has 1 aromatic carbocycles. The number of likely N-dealkylation sites (tertiary alicyclic amines) is 1. The molecule has 3 aliphatic rings. The summed E-state index contributed by atoms with van der Waals surface area (Å²) in [6.07, 6.45) is 4.81. The summed E-state index contributed by atoms with van der Waals surface area (Å²) in [4.78, 5) is 28.3. The fourth-order valence-corrected chi connectivity index (χ4v) is 3.89. The minimum atomic E-state index is -0.0716. The van der Waals surface area contributed by atoms with E-state index in [1.54, 1.807) is 0 Å². The van der Waals surface area contributed by atoms with Crippen LogP contribution in [-0.2, 0) is 9.59 Å². The fraction of sp³-hybridized carbons (Fsp3) is 0.579. The molecule has 1 saturated carbocycles. The lowest BCUT2D eigenvalue weighted by molar-refractivity contribution is -0.130. The number of rotatable bonds is 5. The van der Waals surface area contributed by atoms with Crippen molar-refractivity contribution in [2.45, 2.75) is 57.2 Å². The van der Waals surface area contributed by atoms with E-state index in [1.165, 1.54) is 12.8 Å². The predicted molar refractivity (Wildman–Crippen MR) is 92.7 cm³/mol. The van der Waals surface area contributed by atoms with E-state index in [2.05, 4.69) is 24.4 Å². The van der Waals surface area contributed by atoms with Crippen molar-refractivity contribution in [1.29, 1.82) is 0 Å². The number of hydrogen-bond donors (Lipinski definition) is 1. The van der Waals surface area contributed by atoms with Crippen LogP contribution in [0.15, 0.2) is 24.3 Å². The van der Waals surface area contributed by atoms with Crippen LogP contribution >= 0.6 is 0 Å². The monoisotopic (exact) mass is 327 g/mol. The lowest BCUT2D eigenvalue weighted by Gasteiger charge is -2.22. The van der Waals surface area contributed by atoms with Gasteiger partial charge in [0.2, 0.25) is 11.8 Å². The molecule has 24 heavy (non-hydrogen) atoms. The van der Waals surface area contributed by atoms with Crippen molar-refractivity contribution < 1.29 is 9.59 Å². The zero-order chi connectivity index (χ0) is 16.7. The van der Waals surface area contributed by atoms with Gasteiger partial charge in [0.25, 0.3) is 0 Å². The Morgan fingerprint density at radius 2 is 2.00 bits per heavy atom. The van der Waals surface area contributed by atoms with E-state index in [0.29, 0.717) is 12.5 Å². The maximum atomic E-state index is 12.5. The van der Waals surface area contributed by atoms with Crippen molar-refractivity contribution in [1.82, 2.24) is 10.2 Å². The maximum Gasteiger partial charge on any atom is 0.240 e. The summed E-state index contributed by atoms with van der Waals surface area (Å²) in [7, 11) is 0. The van der Waals surface area contributed by atoms with Crippen molar-refractivity contribution in [2.75, 3.05) is 18.0 Å². The van der Waals surface area contributed by atoms with E-state index in [-0.39, 0.29) is 23.9 Å². The van der Waals surface area contributed by atoms with E-state index in [1.807, 2.05) is 21.9 Å². The molecule has 0 bridgehead atoms. The first-order chi connectivity index (χ1) is 11.6. The van der Waals surface area contributed by atoms with Gasteiger partial charge in [0, 0.05) is 37.3 Å². The summed E-state index contributed by atoms with van der Waals surface area (Å²) in [6, 6.07) is 8.67. The van der Waals surface area contributed by atoms with Gasteiger partial charge in [-0.05, 0) is 50.3 Å². The van der Waals surface area contributed by atoms with Gasteiger partial charge >= 0.3 is 0 Å². The Balaban J connectivity index is 1.43. The van der Waals surface area contributed by atoms with Crippen LogP contribution in [0.2, 0.25) is 0 Å². The molecule has 4 rings (SSSR count). The number of benzene rings is 1. The Kier molecular flexibility index (Phi) is 4.04. The lowest BCUT2D eigenvalue weighted by Crippen LogP contribution is -2.40. The molecule has 0 radical (unpaired) electrons. The van der Waals surface area contributed by atoms with E-state index in [0.717, 1.165) is 37.2 Å². The van der Waals surface area contributed by atoms with E-state index in [9.17, 15) is 9.59 Å². The Bertz CT molecular complexity index is 656. The van der Waals surface area contributed by atoms with Crippen molar-refractivity contribution in [3.63, 3.8) is 0 Å². The molecule has 128 valence electrons. The highest BCUT2D eigenvalue weighted by Crippen LogP contribution is 2.31. The van der Waals surface area contributed by atoms with Gasteiger partial charge in [-0.25, -0.2) is 0 Å². The fourth-order valence-electron chi connectivity index (χ4n) is 3.89. The summed E-state index contributed by atoms with van der Waals surface area (Å²) in [6.45, 7) is 3.79. The van der Waals surface area contributed by atoms with E-state index in [4.69, 9.17) is 0 Å². The van der Waals surface area contributed by atoms with Gasteiger partial charge in [-0.15, -0.1) is 0 Å². The van der Waals surface area contributed by atoms with Gasteiger partial charge < -0.3 is 9.80 Å². The van der Waals surface area contributed by atoms with Crippen molar-refractivity contribution in [3.05, 3.63) is 29.8 Å². The zero-order valence-electron chi connectivity index (χ0n) is 14.2. The molecule has 5 nitrogen and oxygen atoms in total. The zero-order valence-corrected chi connectivity index (χ0v) is 14.2. The van der Waals surface area contributed by atoms with Gasteiger partial charge in [-0.1, -0.05) is 12.1 Å². The highest BCUT2D eigenvalue weighted by atomic mass is 16.2. The molecule has 3 fully saturated rings. The number of anilines is 1. The SMILES string of the molecule is C[C@@H](N[C@@H]1CCN(C2CC2)C1=O)c1cccc(N2CCCC2=O)c1. The average Bonchev–Trinajstić information content (AvgIpc) is 3.24. The molecule has 2 amide bonds. The first-order valence-corrected chi connectivity index (χ1v) is 9.10. The first-order valence-electron chi connectivity index (χ1n) is 9.10. The molecule has 2 aliphatic heterocycles. The third-order valence-electron chi connectivity index (χ3n) is 5.43. The molecule has 5 heteroatoms. The van der Waals surface area contributed by atoms with Gasteiger partial charge in [-0.2, -0.15) is 0 Å². The Morgan fingerprint density at radius 1 is 1.17 bits per heavy atom. The summed E-state index contributed by atoms with van der Waals surface area (Å²) in [5, 5.41) is 3.49. The lowest BCUT2D eigenvalue weighted by atomic mass is 10.1. The highest BCUT2D eigenvalue weighted by molar-refractivity contribution is 5.95. The maximum absolute atomic E-state index is 12.5. The van der Waals surface area contributed by atoms with Crippen LogP contribution in [0.25, 0.3) is 0 Å². The van der Waals surface area contributed by atoms with Gasteiger partial charge in [0.15, 0.2) is 0 Å². The average molecular weight is 327 g/mol. The quantitative estimate of drug-likeness (QED) is 0.902. The smallest absolute Gasteiger partial charge is 0.240 e. The number of nitrogens with zero attached hydrogens (tertiary/aromatic N) is 2. The summed E-state index contributed by atoms with van der Waals surface area (Å²) >= 11 is 0. The van der Waals surface area contributed by atoms with Crippen LogP contribution in [-0.4, -0.2) is 41.9 Å². The summed E-state index contributed by atoms with van der Waals surface area (Å²) in [5.74, 6) is 0.467. The Morgan fingerprint density at radius 3 is 2.71 bits per heavy atom. The standard InChI is InChI=1S/C19H25N3O2/c1-13(20-17-9-11-22(19(17)24)15-7-8-15)14-4-2-5-16(12-14)21-10-3-6-18(21)23/h2,4-5,12-13,15,17,20H,3,6-11H2,1H3/t13-,17-/m1/s1. The van der Waals surface area contributed by atoms with Crippen LogP contribution in [0.4, 0.5) is 5.69 Å². The molecule has 2 saturated heterocycles. The first kappa shape index (κ1) is 15.6. The number of carbonyl (C=O) groups excluding carboxylic acids is 2. The van der Waals surface area contributed by atoms with Crippen molar-refractivity contribution in [3.8, 4) is 0 Å². The van der Waals surface area contributed by atoms with Crippen LogP contribution < -0.4 is 10.2 Å². The molecule has 1 aromatic rings. The molecule has 0 aromatic heterocycles. The Labute approximate surface area is 143 Å². The van der Waals surface area contributed by atoms with Gasteiger partial charge in [0.1, 0.15) is 0 Å². The minimum absolute atomic E-state index is 0.0716. The number of nitrogens with one attached hydrogen (secondary N) is 1. The van der Waals surface area contributed by atoms with Gasteiger partial charge in [-0.3, -0.25) is 14.9 Å². The topological polar surface area (TPSA) is 52.7 Å². The molecule has 2 atom stereocenters. The molecular formula is C19H25N3O2. The molecule has 2 heterocycles. The Hall–Kier alpha value is -1.88. The van der Waals surface area contributed by atoms with Crippen LogP contribution in [0.1, 0.15) is 50.6 Å². The summed E-state index contributed by atoms with van der Waals surface area (Å²) < 4.78 is 0. The van der Waals surface area contributed by atoms with Crippen LogP contribution in [0.5, 0.6) is 0 Å². The van der Waals surface area contributed by atoms with Crippen LogP contribution in [0.3, 0.4) is 0 Å². The summed E-state index contributed by atoms with van der Waals surface area (Å²) in [5.41, 5.74) is 2.10. The molecule has 1 aliphatic carbocycles. The second-order valence-electron chi connectivity index (χ2n) is 7.24. The third-order valence-corrected chi connectivity index (χ3v) is 5.43. The van der Waals surface area contributed by atoms with Crippen molar-refractivity contribution >= 4 is 17.5 Å². The minimum Gasteiger partial charge on any atom is -0.338 e. The second-order valence-corrected chi connectivity index (χ2v) is 7.24. The second kappa shape index (κ2) is 6.20. The van der Waals surface area contributed by atoms with Crippen LogP contribution in [0, 0.1) is 0 Å². The third kappa shape index (κ3) is 2.93. The normalized spacial score (nSPS) is 25.6. The van der Waals surface area contributed by atoms with E-state index < -0.39 is 0 Å². The molecule has 0 spiro atoms. The molecule has 0 unspecified atom stereocenters.